The Hall–Kier alpha value is -1.65. The maximum Gasteiger partial charge on any atom is 0.225 e. The van der Waals surface area contributed by atoms with Gasteiger partial charge in [-0.1, -0.05) is 6.92 Å². The van der Waals surface area contributed by atoms with Crippen LogP contribution in [0.3, 0.4) is 0 Å². The fourth-order valence-electron chi connectivity index (χ4n) is 1.20. The van der Waals surface area contributed by atoms with Crippen LogP contribution in [0, 0.1) is 0 Å². The molecule has 0 atom stereocenters. The third-order valence-electron chi connectivity index (χ3n) is 2.04. The summed E-state index contributed by atoms with van der Waals surface area (Å²) in [6, 6.07) is 1.80. The summed E-state index contributed by atoms with van der Waals surface area (Å²) in [5, 5.41) is 2.82. The summed E-state index contributed by atoms with van der Waals surface area (Å²) in [6.45, 7) is 2.44. The molecule has 16 heavy (non-hydrogen) atoms. The summed E-state index contributed by atoms with van der Waals surface area (Å²) < 4.78 is 0. The van der Waals surface area contributed by atoms with E-state index >= 15 is 0 Å². The summed E-state index contributed by atoms with van der Waals surface area (Å²) in [5.41, 5.74) is 0.822. The molecule has 1 amide bonds. The molecule has 0 aromatic carbocycles. The molecule has 88 valence electrons. The number of nitrogens with one attached hydrogen (secondary N) is 1. The van der Waals surface area contributed by atoms with Crippen molar-refractivity contribution in [2.75, 3.05) is 19.0 Å². The van der Waals surface area contributed by atoms with E-state index in [9.17, 15) is 4.79 Å². The van der Waals surface area contributed by atoms with Gasteiger partial charge in [-0.25, -0.2) is 9.97 Å². The van der Waals surface area contributed by atoms with E-state index in [1.54, 1.807) is 12.3 Å². The molecule has 0 saturated carbocycles. The van der Waals surface area contributed by atoms with Gasteiger partial charge in [0.2, 0.25) is 11.9 Å². The monoisotopic (exact) mass is 222 g/mol. The fraction of sp³-hybridized carbons (Fsp3) is 0.545. The summed E-state index contributed by atoms with van der Waals surface area (Å²) in [6.07, 6.45) is 3.12. The second kappa shape index (κ2) is 6.05. The smallest absolute Gasteiger partial charge is 0.225 e. The van der Waals surface area contributed by atoms with Crippen molar-refractivity contribution in [1.29, 1.82) is 0 Å². The molecule has 0 unspecified atom stereocenters. The maximum absolute atomic E-state index is 11.3. The van der Waals surface area contributed by atoms with Crippen molar-refractivity contribution in [3.8, 4) is 0 Å². The molecule has 0 radical (unpaired) electrons. The fourth-order valence-corrected chi connectivity index (χ4v) is 1.20. The molecule has 0 saturated heterocycles. The number of rotatable bonds is 5. The molecule has 0 bridgehead atoms. The summed E-state index contributed by atoms with van der Waals surface area (Å²) >= 11 is 0. The van der Waals surface area contributed by atoms with Crippen molar-refractivity contribution in [2.45, 2.75) is 26.3 Å². The minimum atomic E-state index is 0.0625. The van der Waals surface area contributed by atoms with E-state index in [-0.39, 0.29) is 5.91 Å². The standard InChI is InChI=1S/C11H18N4O/c1-4-5-10(16)13-8-9-6-7-12-11(14-9)15(2)3/h6-7H,4-5,8H2,1-3H3,(H,13,16). The van der Waals surface area contributed by atoms with Crippen LogP contribution in [0.25, 0.3) is 0 Å². The molecule has 5 heteroatoms. The summed E-state index contributed by atoms with van der Waals surface area (Å²) in [7, 11) is 3.77. The van der Waals surface area contributed by atoms with Gasteiger partial charge in [0.05, 0.1) is 12.2 Å². The largest absolute Gasteiger partial charge is 0.350 e. The lowest BCUT2D eigenvalue weighted by atomic mass is 10.3. The van der Waals surface area contributed by atoms with Crippen molar-refractivity contribution in [3.05, 3.63) is 18.0 Å². The minimum absolute atomic E-state index is 0.0625. The van der Waals surface area contributed by atoms with Crippen LogP contribution in [-0.2, 0) is 11.3 Å². The van der Waals surface area contributed by atoms with Gasteiger partial charge in [-0.2, -0.15) is 0 Å². The maximum atomic E-state index is 11.3. The Labute approximate surface area is 95.9 Å². The van der Waals surface area contributed by atoms with Gasteiger partial charge >= 0.3 is 0 Å². The molecule has 0 fully saturated rings. The van der Waals surface area contributed by atoms with Crippen LogP contribution in [0.15, 0.2) is 12.3 Å². The molecule has 0 aliphatic rings. The Morgan fingerprint density at radius 2 is 2.25 bits per heavy atom. The van der Waals surface area contributed by atoms with E-state index < -0.39 is 0 Å². The second-order valence-electron chi connectivity index (χ2n) is 3.77. The highest BCUT2D eigenvalue weighted by molar-refractivity contribution is 5.75. The van der Waals surface area contributed by atoms with Gasteiger partial charge in [-0.05, 0) is 12.5 Å². The molecule has 5 nitrogen and oxygen atoms in total. The van der Waals surface area contributed by atoms with Crippen LogP contribution in [0.1, 0.15) is 25.5 Å². The number of nitrogens with zero attached hydrogens (tertiary/aromatic N) is 3. The van der Waals surface area contributed by atoms with Gasteiger partial charge in [-0.15, -0.1) is 0 Å². The van der Waals surface area contributed by atoms with Gasteiger partial charge in [0.15, 0.2) is 0 Å². The van der Waals surface area contributed by atoms with Crippen LogP contribution in [0.5, 0.6) is 0 Å². The second-order valence-corrected chi connectivity index (χ2v) is 3.77. The summed E-state index contributed by atoms with van der Waals surface area (Å²) in [5.74, 6) is 0.717. The molecule has 1 rings (SSSR count). The number of aromatic nitrogens is 2. The van der Waals surface area contributed by atoms with Crippen LogP contribution in [0.4, 0.5) is 5.95 Å². The third kappa shape index (κ3) is 3.84. The number of anilines is 1. The number of hydrogen-bond donors (Lipinski definition) is 1. The van der Waals surface area contributed by atoms with E-state index in [1.807, 2.05) is 25.9 Å². The first kappa shape index (κ1) is 12.4. The van der Waals surface area contributed by atoms with Crippen LogP contribution >= 0.6 is 0 Å². The van der Waals surface area contributed by atoms with Crippen molar-refractivity contribution in [2.24, 2.45) is 0 Å². The zero-order valence-corrected chi connectivity index (χ0v) is 10.0. The first-order valence-corrected chi connectivity index (χ1v) is 5.39. The SMILES string of the molecule is CCCC(=O)NCc1ccnc(N(C)C)n1. The van der Waals surface area contributed by atoms with Crippen molar-refractivity contribution < 1.29 is 4.79 Å². The lowest BCUT2D eigenvalue weighted by Crippen LogP contribution is -2.23. The van der Waals surface area contributed by atoms with Crippen LogP contribution < -0.4 is 10.2 Å². The van der Waals surface area contributed by atoms with Crippen molar-refractivity contribution >= 4 is 11.9 Å². The van der Waals surface area contributed by atoms with E-state index in [0.29, 0.717) is 18.9 Å². The highest BCUT2D eigenvalue weighted by Crippen LogP contribution is 2.03. The molecular weight excluding hydrogens is 204 g/mol. The topological polar surface area (TPSA) is 58.1 Å². The quantitative estimate of drug-likeness (QED) is 0.806. The molecule has 0 spiro atoms. The van der Waals surface area contributed by atoms with E-state index in [1.165, 1.54) is 0 Å². The average Bonchev–Trinajstić information content (AvgIpc) is 2.27. The first-order valence-electron chi connectivity index (χ1n) is 5.39. The van der Waals surface area contributed by atoms with Gasteiger partial charge in [0.25, 0.3) is 0 Å². The Balaban J connectivity index is 2.54. The highest BCUT2D eigenvalue weighted by Gasteiger charge is 2.03. The highest BCUT2D eigenvalue weighted by atomic mass is 16.1. The Morgan fingerprint density at radius 1 is 1.50 bits per heavy atom. The number of carbonyl (C=O) groups excluding carboxylic acids is 1. The zero-order valence-electron chi connectivity index (χ0n) is 10.0. The predicted octanol–water partition coefficient (Wildman–Crippen LogP) is 0.959. The van der Waals surface area contributed by atoms with Gasteiger partial charge in [0.1, 0.15) is 0 Å². The van der Waals surface area contributed by atoms with E-state index in [0.717, 1.165) is 12.1 Å². The van der Waals surface area contributed by atoms with Crippen molar-refractivity contribution in [1.82, 2.24) is 15.3 Å². The minimum Gasteiger partial charge on any atom is -0.350 e. The molecule has 1 aromatic heterocycles. The molecule has 0 aliphatic heterocycles. The number of hydrogen-bond acceptors (Lipinski definition) is 4. The molecule has 1 N–H and O–H groups in total. The Morgan fingerprint density at radius 3 is 2.88 bits per heavy atom. The van der Waals surface area contributed by atoms with E-state index in [2.05, 4.69) is 15.3 Å². The molecule has 0 aliphatic carbocycles. The first-order chi connectivity index (χ1) is 7.63. The predicted molar refractivity (Wildman–Crippen MR) is 63.1 cm³/mol. The van der Waals surface area contributed by atoms with Crippen LogP contribution in [-0.4, -0.2) is 30.0 Å². The van der Waals surface area contributed by atoms with Gasteiger partial charge in [0, 0.05) is 26.7 Å². The zero-order chi connectivity index (χ0) is 12.0. The van der Waals surface area contributed by atoms with Gasteiger partial charge < -0.3 is 10.2 Å². The number of amides is 1. The Bertz CT molecular complexity index is 352. The van der Waals surface area contributed by atoms with Crippen molar-refractivity contribution in [3.63, 3.8) is 0 Å². The third-order valence-corrected chi connectivity index (χ3v) is 2.04. The summed E-state index contributed by atoms with van der Waals surface area (Å²) in [4.78, 5) is 21.5. The van der Waals surface area contributed by atoms with E-state index in [4.69, 9.17) is 0 Å². The molecular formula is C11H18N4O. The Kier molecular flexibility index (Phi) is 4.69. The van der Waals surface area contributed by atoms with Gasteiger partial charge in [-0.3, -0.25) is 4.79 Å². The number of carbonyl (C=O) groups is 1. The van der Waals surface area contributed by atoms with Crippen LogP contribution in [0.2, 0.25) is 0 Å². The molecule has 1 aromatic rings. The normalized spacial score (nSPS) is 9.94. The average molecular weight is 222 g/mol. The lowest BCUT2D eigenvalue weighted by molar-refractivity contribution is -0.121. The lowest BCUT2D eigenvalue weighted by Gasteiger charge is -2.11. The molecule has 1 heterocycles.